The summed E-state index contributed by atoms with van der Waals surface area (Å²) in [5.41, 5.74) is 0. The quantitative estimate of drug-likeness (QED) is 0.513. The molecule has 6 nitrogen and oxygen atoms in total. The van der Waals surface area contributed by atoms with Crippen molar-refractivity contribution in [2.45, 2.75) is 38.7 Å². The van der Waals surface area contributed by atoms with Crippen molar-refractivity contribution in [2.24, 2.45) is 0 Å². The van der Waals surface area contributed by atoms with Crippen molar-refractivity contribution in [1.82, 2.24) is 0 Å². The van der Waals surface area contributed by atoms with Gasteiger partial charge in [0.2, 0.25) is 6.10 Å². The molecule has 1 atom stereocenters. The van der Waals surface area contributed by atoms with Crippen LogP contribution in [0.3, 0.4) is 0 Å². The Morgan fingerprint density at radius 1 is 1.38 bits per heavy atom. The molecule has 0 saturated carbocycles. The summed E-state index contributed by atoms with van der Waals surface area (Å²) in [4.78, 5) is 11.3. The Kier molecular flexibility index (Phi) is 5.17. The van der Waals surface area contributed by atoms with E-state index in [1.54, 1.807) is 0 Å². The zero-order valence-electron chi connectivity index (χ0n) is 9.18. The van der Waals surface area contributed by atoms with Crippen molar-refractivity contribution in [3.8, 4) is 0 Å². The molecule has 0 radical (unpaired) electrons. The average molecular weight is 252 g/mol. The van der Waals surface area contributed by atoms with Gasteiger partial charge in [-0.3, -0.25) is 0 Å². The van der Waals surface area contributed by atoms with Crippen molar-refractivity contribution >= 4 is 16.4 Å². The number of hydrogen-bond acceptors (Lipinski definition) is 6. The normalized spacial score (nSPS) is 23.2. The first-order chi connectivity index (χ1) is 7.55. The number of carbonyl (C=O) groups excluding carboxylic acids is 1. The Balaban J connectivity index is 2.16. The van der Waals surface area contributed by atoms with Gasteiger partial charge < -0.3 is 4.74 Å². The van der Waals surface area contributed by atoms with E-state index in [0.717, 1.165) is 25.7 Å². The van der Waals surface area contributed by atoms with Crippen LogP contribution in [-0.4, -0.2) is 33.7 Å². The van der Waals surface area contributed by atoms with Gasteiger partial charge in [0.1, 0.15) is 6.61 Å². The third-order valence-corrected chi connectivity index (χ3v) is 3.00. The summed E-state index contributed by atoms with van der Waals surface area (Å²) in [5.74, 6) is -0.683. The lowest BCUT2D eigenvalue weighted by Crippen LogP contribution is -2.25. The van der Waals surface area contributed by atoms with E-state index in [-0.39, 0.29) is 6.61 Å². The minimum Gasteiger partial charge on any atom is -0.464 e. The average Bonchev–Trinajstić information content (AvgIpc) is 2.58. The van der Waals surface area contributed by atoms with Crippen molar-refractivity contribution in [1.29, 1.82) is 0 Å². The van der Waals surface area contributed by atoms with E-state index in [2.05, 4.69) is 15.3 Å². The van der Waals surface area contributed by atoms with E-state index in [4.69, 9.17) is 4.74 Å². The molecule has 0 aliphatic carbocycles. The number of hydrogen-bond donors (Lipinski definition) is 0. The third-order valence-electron chi connectivity index (χ3n) is 2.10. The van der Waals surface area contributed by atoms with E-state index >= 15 is 0 Å². The molecule has 7 heteroatoms. The number of esters is 1. The molecule has 0 spiro atoms. The van der Waals surface area contributed by atoms with Gasteiger partial charge in [0, 0.05) is 0 Å². The molecular formula is C9H16O6S. The first-order valence-corrected chi connectivity index (χ1v) is 6.63. The second-order valence-corrected chi connectivity index (χ2v) is 4.75. The minimum atomic E-state index is -3.98. The van der Waals surface area contributed by atoms with E-state index < -0.39 is 22.5 Å². The zero-order chi connectivity index (χ0) is 12.0. The van der Waals surface area contributed by atoms with Gasteiger partial charge in [-0.2, -0.15) is 8.42 Å². The fourth-order valence-corrected chi connectivity index (χ4v) is 2.01. The number of carbonyl (C=O) groups is 1. The van der Waals surface area contributed by atoms with Gasteiger partial charge in [0.05, 0.1) is 6.61 Å². The highest BCUT2D eigenvalue weighted by Gasteiger charge is 2.36. The molecule has 0 N–H and O–H groups in total. The van der Waals surface area contributed by atoms with Crippen LogP contribution >= 0.6 is 0 Å². The molecule has 16 heavy (non-hydrogen) atoms. The van der Waals surface area contributed by atoms with Gasteiger partial charge >= 0.3 is 16.4 Å². The summed E-state index contributed by atoms with van der Waals surface area (Å²) >= 11 is 0. The van der Waals surface area contributed by atoms with Crippen LogP contribution in [0, 0.1) is 0 Å². The first-order valence-electron chi connectivity index (χ1n) is 5.29. The molecule has 0 aromatic rings. The fraction of sp³-hybridized carbons (Fsp3) is 0.889. The lowest BCUT2D eigenvalue weighted by Gasteiger charge is -2.06. The van der Waals surface area contributed by atoms with Crippen molar-refractivity contribution in [2.75, 3.05) is 13.2 Å². The second kappa shape index (κ2) is 6.17. The molecule has 1 rings (SSSR count). The maximum Gasteiger partial charge on any atom is 0.400 e. The minimum absolute atomic E-state index is 0.290. The lowest BCUT2D eigenvalue weighted by atomic mass is 10.2. The summed E-state index contributed by atoms with van der Waals surface area (Å²) in [5, 5.41) is 0. The Hall–Kier alpha value is -0.660. The SMILES string of the molecule is CCCCCCOC(=O)C1COS(=O)(=O)O1. The molecule has 0 amide bonds. The first kappa shape index (κ1) is 13.4. The summed E-state index contributed by atoms with van der Waals surface area (Å²) in [6.07, 6.45) is 2.82. The molecule has 1 saturated heterocycles. The van der Waals surface area contributed by atoms with Crippen LogP contribution in [0.25, 0.3) is 0 Å². The van der Waals surface area contributed by atoms with Crippen LogP contribution in [0.2, 0.25) is 0 Å². The van der Waals surface area contributed by atoms with Crippen LogP contribution in [0.15, 0.2) is 0 Å². The molecule has 0 aromatic carbocycles. The summed E-state index contributed by atoms with van der Waals surface area (Å²) in [6, 6.07) is 0. The predicted molar refractivity (Wildman–Crippen MR) is 54.8 cm³/mol. The maximum atomic E-state index is 11.3. The highest BCUT2D eigenvalue weighted by atomic mass is 32.3. The third kappa shape index (κ3) is 4.46. The molecule has 94 valence electrons. The predicted octanol–water partition coefficient (Wildman–Crippen LogP) is 0.770. The monoisotopic (exact) mass is 252 g/mol. The highest BCUT2D eigenvalue weighted by Crippen LogP contribution is 2.14. The van der Waals surface area contributed by atoms with E-state index in [1.165, 1.54) is 0 Å². The van der Waals surface area contributed by atoms with Gasteiger partial charge in [-0.1, -0.05) is 26.2 Å². The highest BCUT2D eigenvalue weighted by molar-refractivity contribution is 7.82. The molecule has 0 bridgehead atoms. The van der Waals surface area contributed by atoms with Crippen LogP contribution in [0.1, 0.15) is 32.6 Å². The molecule has 1 heterocycles. The van der Waals surface area contributed by atoms with Crippen molar-refractivity contribution in [3.05, 3.63) is 0 Å². The van der Waals surface area contributed by atoms with Crippen LogP contribution in [0.5, 0.6) is 0 Å². The van der Waals surface area contributed by atoms with E-state index in [0.29, 0.717) is 6.61 Å². The van der Waals surface area contributed by atoms with Gasteiger partial charge in [-0.05, 0) is 6.42 Å². The van der Waals surface area contributed by atoms with Crippen molar-refractivity contribution < 1.29 is 26.3 Å². The molecular weight excluding hydrogens is 236 g/mol. The molecule has 1 aliphatic heterocycles. The smallest absolute Gasteiger partial charge is 0.400 e. The number of ether oxygens (including phenoxy) is 1. The zero-order valence-corrected chi connectivity index (χ0v) is 9.99. The van der Waals surface area contributed by atoms with Crippen LogP contribution in [0.4, 0.5) is 0 Å². The summed E-state index contributed by atoms with van der Waals surface area (Å²) in [6.45, 7) is 2.08. The molecule has 1 fully saturated rings. The van der Waals surface area contributed by atoms with E-state index in [9.17, 15) is 13.2 Å². The van der Waals surface area contributed by atoms with Gasteiger partial charge in [0.25, 0.3) is 0 Å². The molecule has 1 unspecified atom stereocenters. The molecule has 0 aromatic heterocycles. The topological polar surface area (TPSA) is 78.9 Å². The van der Waals surface area contributed by atoms with Gasteiger partial charge in [-0.15, -0.1) is 0 Å². The van der Waals surface area contributed by atoms with Crippen molar-refractivity contribution in [3.63, 3.8) is 0 Å². The van der Waals surface area contributed by atoms with Crippen LogP contribution < -0.4 is 0 Å². The lowest BCUT2D eigenvalue weighted by molar-refractivity contribution is -0.151. The standard InChI is InChI=1S/C9H16O6S/c1-2-3-4-5-6-13-9(10)8-7-14-16(11,12)15-8/h8H,2-7H2,1H3. The maximum absolute atomic E-state index is 11.3. The second-order valence-electron chi connectivity index (χ2n) is 3.51. The Morgan fingerprint density at radius 3 is 2.69 bits per heavy atom. The molecule has 1 aliphatic rings. The summed E-state index contributed by atoms with van der Waals surface area (Å²) < 4.78 is 34.9. The Bertz CT molecular complexity index is 323. The fourth-order valence-electron chi connectivity index (χ4n) is 1.24. The van der Waals surface area contributed by atoms with E-state index in [1.807, 2.05) is 0 Å². The van der Waals surface area contributed by atoms with Crippen LogP contribution in [-0.2, 0) is 28.3 Å². The van der Waals surface area contributed by atoms with Gasteiger partial charge in [0.15, 0.2) is 0 Å². The summed E-state index contributed by atoms with van der Waals surface area (Å²) in [7, 11) is -3.98. The Labute approximate surface area is 95.2 Å². The number of rotatable bonds is 6. The number of unbranched alkanes of at least 4 members (excludes halogenated alkanes) is 3. The Morgan fingerprint density at radius 2 is 2.12 bits per heavy atom. The largest absolute Gasteiger partial charge is 0.464 e. The van der Waals surface area contributed by atoms with Gasteiger partial charge in [-0.25, -0.2) is 13.2 Å².